The average Bonchev–Trinajstić information content (AvgIpc) is 2.44. The van der Waals surface area contributed by atoms with E-state index in [0.29, 0.717) is 29.4 Å². The Kier molecular flexibility index (Phi) is 5.88. The summed E-state index contributed by atoms with van der Waals surface area (Å²) in [5, 5.41) is 9.16. The molecule has 0 aromatic heterocycles. The molecule has 20 heavy (non-hydrogen) atoms. The van der Waals surface area contributed by atoms with Crippen LogP contribution in [0.3, 0.4) is 0 Å². The number of ether oxygens (including phenoxy) is 3. The van der Waals surface area contributed by atoms with Crippen LogP contribution in [0.1, 0.15) is 5.56 Å². The van der Waals surface area contributed by atoms with E-state index >= 15 is 0 Å². The highest BCUT2D eigenvalue weighted by molar-refractivity contribution is 5.65. The van der Waals surface area contributed by atoms with Gasteiger partial charge in [0.05, 0.1) is 27.4 Å². The summed E-state index contributed by atoms with van der Waals surface area (Å²) in [6.07, 6.45) is 1.81. The van der Waals surface area contributed by atoms with Crippen molar-refractivity contribution in [1.29, 1.82) is 5.26 Å². The van der Waals surface area contributed by atoms with Gasteiger partial charge in [-0.3, -0.25) is 0 Å². The molecule has 0 saturated heterocycles. The molecule has 1 rings (SSSR count). The van der Waals surface area contributed by atoms with Crippen LogP contribution in [-0.4, -0.2) is 46.9 Å². The maximum Gasteiger partial charge on any atom is 0.203 e. The van der Waals surface area contributed by atoms with Gasteiger partial charge in [0, 0.05) is 12.1 Å². The summed E-state index contributed by atoms with van der Waals surface area (Å²) in [5.74, 6) is 1.68. The molecule has 0 aliphatic carbocycles. The van der Waals surface area contributed by atoms with Crippen LogP contribution in [0.25, 0.3) is 6.08 Å². The van der Waals surface area contributed by atoms with Crippen molar-refractivity contribution in [2.45, 2.75) is 0 Å². The minimum absolute atomic E-state index is 0.540. The lowest BCUT2D eigenvalue weighted by molar-refractivity contribution is 0.324. The minimum Gasteiger partial charge on any atom is -0.493 e. The van der Waals surface area contributed by atoms with Crippen molar-refractivity contribution in [1.82, 2.24) is 4.90 Å². The molecular weight excluding hydrogens is 256 g/mol. The first kappa shape index (κ1) is 15.9. The Morgan fingerprint density at radius 3 is 2.05 bits per heavy atom. The van der Waals surface area contributed by atoms with Crippen molar-refractivity contribution < 1.29 is 14.2 Å². The Labute approximate surface area is 120 Å². The SMILES string of the molecule is COc1cc(C=C(C#N)CN(C)C)cc(OC)c1OC. The van der Waals surface area contributed by atoms with Gasteiger partial charge in [-0.1, -0.05) is 0 Å². The summed E-state index contributed by atoms with van der Waals surface area (Å²) < 4.78 is 15.8. The molecular formula is C15H20N2O3. The number of nitrogens with zero attached hydrogens (tertiary/aromatic N) is 2. The van der Waals surface area contributed by atoms with E-state index in [1.54, 1.807) is 21.3 Å². The van der Waals surface area contributed by atoms with Crippen molar-refractivity contribution in [3.8, 4) is 23.3 Å². The van der Waals surface area contributed by atoms with E-state index in [2.05, 4.69) is 6.07 Å². The molecule has 5 heteroatoms. The molecule has 0 radical (unpaired) electrons. The number of likely N-dealkylation sites (N-methyl/N-ethyl adjacent to an activating group) is 1. The standard InChI is InChI=1S/C15H20N2O3/c1-17(2)10-12(9-16)6-11-7-13(18-3)15(20-5)14(8-11)19-4/h6-8H,10H2,1-5H3. The zero-order valence-electron chi connectivity index (χ0n) is 12.6. The van der Waals surface area contributed by atoms with Gasteiger partial charge in [-0.25, -0.2) is 0 Å². The fraction of sp³-hybridized carbons (Fsp3) is 0.400. The van der Waals surface area contributed by atoms with Crippen LogP contribution in [0.15, 0.2) is 17.7 Å². The molecule has 0 atom stereocenters. The molecule has 0 aliphatic rings. The second-order valence-electron chi connectivity index (χ2n) is 4.48. The van der Waals surface area contributed by atoms with Crippen LogP contribution in [0.5, 0.6) is 17.2 Å². The van der Waals surface area contributed by atoms with Crippen LogP contribution in [-0.2, 0) is 0 Å². The Bertz CT molecular complexity index is 505. The van der Waals surface area contributed by atoms with Gasteiger partial charge in [0.1, 0.15) is 0 Å². The van der Waals surface area contributed by atoms with Crippen molar-refractivity contribution in [3.05, 3.63) is 23.3 Å². The van der Waals surface area contributed by atoms with E-state index < -0.39 is 0 Å². The van der Waals surface area contributed by atoms with E-state index in [1.807, 2.05) is 37.2 Å². The number of methoxy groups -OCH3 is 3. The number of nitriles is 1. The third kappa shape index (κ3) is 3.90. The van der Waals surface area contributed by atoms with Crippen molar-refractivity contribution in [2.75, 3.05) is 42.0 Å². The molecule has 0 spiro atoms. The Morgan fingerprint density at radius 2 is 1.70 bits per heavy atom. The number of benzene rings is 1. The molecule has 0 amide bonds. The second kappa shape index (κ2) is 7.41. The highest BCUT2D eigenvalue weighted by atomic mass is 16.5. The fourth-order valence-corrected chi connectivity index (χ4v) is 1.84. The van der Waals surface area contributed by atoms with E-state index in [4.69, 9.17) is 19.5 Å². The van der Waals surface area contributed by atoms with Crippen LogP contribution in [0, 0.1) is 11.3 Å². The van der Waals surface area contributed by atoms with Gasteiger partial charge in [0.15, 0.2) is 11.5 Å². The average molecular weight is 276 g/mol. The lowest BCUT2D eigenvalue weighted by Crippen LogP contribution is -2.14. The zero-order valence-corrected chi connectivity index (χ0v) is 12.6. The topological polar surface area (TPSA) is 54.7 Å². The third-order valence-electron chi connectivity index (χ3n) is 2.66. The summed E-state index contributed by atoms with van der Waals surface area (Å²) in [6.45, 7) is 0.577. The van der Waals surface area contributed by atoms with Crippen LogP contribution in [0.4, 0.5) is 0 Å². The van der Waals surface area contributed by atoms with Crippen LogP contribution < -0.4 is 14.2 Å². The fourth-order valence-electron chi connectivity index (χ4n) is 1.84. The van der Waals surface area contributed by atoms with Gasteiger partial charge < -0.3 is 19.1 Å². The summed E-state index contributed by atoms with van der Waals surface area (Å²) in [6, 6.07) is 5.82. The van der Waals surface area contributed by atoms with Crippen LogP contribution in [0.2, 0.25) is 0 Å². The summed E-state index contributed by atoms with van der Waals surface area (Å²) >= 11 is 0. The van der Waals surface area contributed by atoms with Gasteiger partial charge in [-0.15, -0.1) is 0 Å². The molecule has 0 N–H and O–H groups in total. The van der Waals surface area contributed by atoms with Gasteiger partial charge in [0.2, 0.25) is 5.75 Å². The Hall–Kier alpha value is -2.19. The minimum atomic E-state index is 0.540. The predicted molar refractivity (Wildman–Crippen MR) is 78.2 cm³/mol. The van der Waals surface area contributed by atoms with E-state index in [9.17, 15) is 0 Å². The summed E-state index contributed by atoms with van der Waals surface area (Å²) in [5.41, 5.74) is 1.49. The molecule has 5 nitrogen and oxygen atoms in total. The van der Waals surface area contributed by atoms with Crippen molar-refractivity contribution >= 4 is 6.08 Å². The van der Waals surface area contributed by atoms with Gasteiger partial charge >= 0.3 is 0 Å². The zero-order chi connectivity index (χ0) is 15.1. The highest BCUT2D eigenvalue weighted by Gasteiger charge is 2.12. The summed E-state index contributed by atoms with van der Waals surface area (Å²) in [7, 11) is 8.52. The molecule has 0 heterocycles. The van der Waals surface area contributed by atoms with Crippen molar-refractivity contribution in [2.24, 2.45) is 0 Å². The molecule has 108 valence electrons. The van der Waals surface area contributed by atoms with Gasteiger partial charge in [-0.2, -0.15) is 5.26 Å². The van der Waals surface area contributed by atoms with E-state index in [0.717, 1.165) is 5.56 Å². The third-order valence-corrected chi connectivity index (χ3v) is 2.66. The van der Waals surface area contributed by atoms with Gasteiger partial charge in [0.25, 0.3) is 0 Å². The monoisotopic (exact) mass is 276 g/mol. The normalized spacial score (nSPS) is 11.2. The Balaban J connectivity index is 3.26. The quantitative estimate of drug-likeness (QED) is 0.745. The Morgan fingerprint density at radius 1 is 1.15 bits per heavy atom. The number of hydrogen-bond acceptors (Lipinski definition) is 5. The largest absolute Gasteiger partial charge is 0.493 e. The molecule has 1 aromatic rings. The van der Waals surface area contributed by atoms with E-state index in [1.165, 1.54) is 0 Å². The predicted octanol–water partition coefficient (Wildman–Crippen LogP) is 2.18. The van der Waals surface area contributed by atoms with E-state index in [-0.39, 0.29) is 0 Å². The molecule has 0 fully saturated rings. The smallest absolute Gasteiger partial charge is 0.203 e. The molecule has 0 bridgehead atoms. The summed E-state index contributed by atoms with van der Waals surface area (Å²) in [4.78, 5) is 1.94. The maximum atomic E-state index is 9.16. The molecule has 0 unspecified atom stereocenters. The first-order valence-electron chi connectivity index (χ1n) is 6.11. The van der Waals surface area contributed by atoms with Gasteiger partial charge in [-0.05, 0) is 37.9 Å². The molecule has 1 aromatic carbocycles. The lowest BCUT2D eigenvalue weighted by atomic mass is 10.1. The molecule has 0 aliphatic heterocycles. The van der Waals surface area contributed by atoms with Crippen molar-refractivity contribution in [3.63, 3.8) is 0 Å². The first-order valence-corrected chi connectivity index (χ1v) is 6.11. The molecule has 0 saturated carbocycles. The lowest BCUT2D eigenvalue weighted by Gasteiger charge is -2.13. The maximum absolute atomic E-state index is 9.16. The number of hydrogen-bond donors (Lipinski definition) is 0. The first-order chi connectivity index (χ1) is 9.55. The van der Waals surface area contributed by atoms with Crippen LogP contribution >= 0.6 is 0 Å². The number of rotatable bonds is 6. The highest BCUT2D eigenvalue weighted by Crippen LogP contribution is 2.38. The second-order valence-corrected chi connectivity index (χ2v) is 4.48.